The van der Waals surface area contributed by atoms with E-state index in [1.165, 1.54) is 0 Å². The lowest BCUT2D eigenvalue weighted by Crippen LogP contribution is -1.99. The molecule has 2 aromatic rings. The molecular formula is C13H13NO3. The minimum absolute atomic E-state index is 0.361. The summed E-state index contributed by atoms with van der Waals surface area (Å²) in [5.74, 6) is -0.175. The number of aromatic carboxylic acids is 1. The number of H-pyrrole nitrogens is 1. The van der Waals surface area contributed by atoms with Gasteiger partial charge in [-0.25, -0.2) is 4.79 Å². The molecule has 0 saturated heterocycles. The first kappa shape index (κ1) is 10.2. The highest BCUT2D eigenvalue weighted by atomic mass is 16.5. The Kier molecular flexibility index (Phi) is 2.11. The van der Waals surface area contributed by atoms with E-state index in [4.69, 9.17) is 4.74 Å². The summed E-state index contributed by atoms with van der Waals surface area (Å²) in [6, 6.07) is 3.33. The number of hydrogen-bond donors (Lipinski definition) is 2. The first-order valence-corrected chi connectivity index (χ1v) is 5.66. The van der Waals surface area contributed by atoms with E-state index in [-0.39, 0.29) is 0 Å². The zero-order valence-electron chi connectivity index (χ0n) is 9.54. The third-order valence-electron chi connectivity index (χ3n) is 3.41. The zero-order valence-corrected chi connectivity index (χ0v) is 9.54. The number of fused-ring (bicyclic) bond motifs is 3. The lowest BCUT2D eigenvalue weighted by molar-refractivity contribution is 0.0699. The Morgan fingerprint density at radius 1 is 1.41 bits per heavy atom. The first-order valence-electron chi connectivity index (χ1n) is 5.66. The SMILES string of the molecule is COc1ccc(C(=O)O)c2c3c([nH]c12)CCC3. The van der Waals surface area contributed by atoms with E-state index in [1.807, 2.05) is 0 Å². The molecule has 0 radical (unpaired) electrons. The number of benzene rings is 1. The van der Waals surface area contributed by atoms with Crippen LogP contribution in [0.2, 0.25) is 0 Å². The number of carboxylic acids is 1. The molecule has 0 aliphatic heterocycles. The van der Waals surface area contributed by atoms with Crippen LogP contribution in [-0.2, 0) is 12.8 Å². The molecule has 0 unspecified atom stereocenters. The van der Waals surface area contributed by atoms with Gasteiger partial charge in [0.2, 0.25) is 0 Å². The fraction of sp³-hybridized carbons (Fsp3) is 0.308. The van der Waals surface area contributed by atoms with Crippen molar-refractivity contribution in [1.82, 2.24) is 4.98 Å². The van der Waals surface area contributed by atoms with Crippen LogP contribution in [0.15, 0.2) is 12.1 Å². The third kappa shape index (κ3) is 1.33. The molecule has 0 amide bonds. The summed E-state index contributed by atoms with van der Waals surface area (Å²) >= 11 is 0. The van der Waals surface area contributed by atoms with Crippen molar-refractivity contribution in [3.63, 3.8) is 0 Å². The Hall–Kier alpha value is -1.97. The molecule has 17 heavy (non-hydrogen) atoms. The van der Waals surface area contributed by atoms with E-state index in [1.54, 1.807) is 19.2 Å². The summed E-state index contributed by atoms with van der Waals surface area (Å²) in [7, 11) is 1.60. The second kappa shape index (κ2) is 3.52. The number of aromatic amines is 1. The minimum atomic E-state index is -0.883. The van der Waals surface area contributed by atoms with Crippen LogP contribution in [0.3, 0.4) is 0 Å². The van der Waals surface area contributed by atoms with Crippen molar-refractivity contribution < 1.29 is 14.6 Å². The van der Waals surface area contributed by atoms with Gasteiger partial charge in [0, 0.05) is 11.1 Å². The summed E-state index contributed by atoms with van der Waals surface area (Å²) in [5, 5.41) is 10.1. The molecule has 4 heteroatoms. The molecule has 0 saturated carbocycles. The summed E-state index contributed by atoms with van der Waals surface area (Å²) in [5.41, 5.74) is 3.49. The van der Waals surface area contributed by atoms with Crippen LogP contribution < -0.4 is 4.74 Å². The largest absolute Gasteiger partial charge is 0.495 e. The minimum Gasteiger partial charge on any atom is -0.495 e. The highest BCUT2D eigenvalue weighted by molar-refractivity contribution is 6.06. The van der Waals surface area contributed by atoms with E-state index < -0.39 is 5.97 Å². The second-order valence-electron chi connectivity index (χ2n) is 4.31. The first-order chi connectivity index (χ1) is 8.22. The molecule has 0 spiro atoms. The predicted molar refractivity (Wildman–Crippen MR) is 63.8 cm³/mol. The van der Waals surface area contributed by atoms with E-state index in [2.05, 4.69) is 4.98 Å². The normalized spacial score (nSPS) is 13.9. The van der Waals surface area contributed by atoms with Gasteiger partial charge in [-0.1, -0.05) is 0 Å². The maximum Gasteiger partial charge on any atom is 0.336 e. The molecule has 4 nitrogen and oxygen atoms in total. The van der Waals surface area contributed by atoms with Crippen molar-refractivity contribution in [3.8, 4) is 5.75 Å². The van der Waals surface area contributed by atoms with Crippen molar-refractivity contribution >= 4 is 16.9 Å². The number of ether oxygens (including phenoxy) is 1. The molecule has 2 N–H and O–H groups in total. The van der Waals surface area contributed by atoms with Gasteiger partial charge < -0.3 is 14.8 Å². The van der Waals surface area contributed by atoms with E-state index in [0.717, 1.165) is 41.4 Å². The topological polar surface area (TPSA) is 62.3 Å². The van der Waals surface area contributed by atoms with Gasteiger partial charge in [-0.3, -0.25) is 0 Å². The van der Waals surface area contributed by atoms with Gasteiger partial charge in [0.15, 0.2) is 0 Å². The Labute approximate surface area is 98.2 Å². The zero-order chi connectivity index (χ0) is 12.0. The van der Waals surface area contributed by atoms with Gasteiger partial charge in [0.1, 0.15) is 5.75 Å². The Bertz CT molecular complexity index is 613. The van der Waals surface area contributed by atoms with Crippen molar-refractivity contribution in [1.29, 1.82) is 0 Å². The maximum absolute atomic E-state index is 11.3. The van der Waals surface area contributed by atoms with Gasteiger partial charge in [-0.05, 0) is 37.0 Å². The van der Waals surface area contributed by atoms with Crippen LogP contribution in [0.5, 0.6) is 5.75 Å². The smallest absolute Gasteiger partial charge is 0.336 e. The van der Waals surface area contributed by atoms with Crippen molar-refractivity contribution in [2.45, 2.75) is 19.3 Å². The quantitative estimate of drug-likeness (QED) is 0.834. The highest BCUT2D eigenvalue weighted by Gasteiger charge is 2.23. The third-order valence-corrected chi connectivity index (χ3v) is 3.41. The number of aromatic nitrogens is 1. The molecule has 88 valence electrons. The van der Waals surface area contributed by atoms with E-state index in [0.29, 0.717) is 11.3 Å². The standard InChI is InChI=1S/C13H13NO3/c1-17-10-6-5-8(13(15)16)11-7-3-2-4-9(7)14-12(10)11/h5-6,14H,2-4H2,1H3,(H,15,16). The van der Waals surface area contributed by atoms with Gasteiger partial charge >= 0.3 is 5.97 Å². The van der Waals surface area contributed by atoms with E-state index >= 15 is 0 Å². The second-order valence-corrected chi connectivity index (χ2v) is 4.31. The molecular weight excluding hydrogens is 218 g/mol. The van der Waals surface area contributed by atoms with Crippen LogP contribution in [0, 0.1) is 0 Å². The average molecular weight is 231 g/mol. The molecule has 1 aromatic carbocycles. The van der Waals surface area contributed by atoms with Gasteiger partial charge in [0.25, 0.3) is 0 Å². The number of hydrogen-bond acceptors (Lipinski definition) is 2. The summed E-state index contributed by atoms with van der Waals surface area (Å²) in [6.45, 7) is 0. The maximum atomic E-state index is 11.3. The van der Waals surface area contributed by atoms with Gasteiger partial charge in [0.05, 0.1) is 18.2 Å². The molecule has 1 heterocycles. The number of aryl methyl sites for hydroxylation is 2. The van der Waals surface area contributed by atoms with Crippen LogP contribution >= 0.6 is 0 Å². The highest BCUT2D eigenvalue weighted by Crippen LogP contribution is 2.36. The number of carbonyl (C=O) groups is 1. The van der Waals surface area contributed by atoms with Crippen LogP contribution in [0.25, 0.3) is 10.9 Å². The van der Waals surface area contributed by atoms with Crippen LogP contribution in [0.4, 0.5) is 0 Å². The van der Waals surface area contributed by atoms with Crippen LogP contribution in [0.1, 0.15) is 28.0 Å². The fourth-order valence-corrected chi connectivity index (χ4v) is 2.68. The molecule has 1 aliphatic carbocycles. The molecule has 0 fully saturated rings. The van der Waals surface area contributed by atoms with Gasteiger partial charge in [-0.2, -0.15) is 0 Å². The molecule has 0 bridgehead atoms. The summed E-state index contributed by atoms with van der Waals surface area (Å²) < 4.78 is 5.27. The Balaban J connectivity index is 2.41. The van der Waals surface area contributed by atoms with Crippen LogP contribution in [-0.4, -0.2) is 23.2 Å². The Morgan fingerprint density at radius 3 is 2.94 bits per heavy atom. The average Bonchev–Trinajstić information content (AvgIpc) is 2.87. The molecule has 1 aliphatic rings. The fourth-order valence-electron chi connectivity index (χ4n) is 2.68. The van der Waals surface area contributed by atoms with Crippen molar-refractivity contribution in [2.75, 3.05) is 7.11 Å². The molecule has 1 aromatic heterocycles. The summed E-state index contributed by atoms with van der Waals surface area (Å²) in [6.07, 6.45) is 3.03. The van der Waals surface area contributed by atoms with Crippen molar-refractivity contribution in [2.24, 2.45) is 0 Å². The van der Waals surface area contributed by atoms with Crippen molar-refractivity contribution in [3.05, 3.63) is 29.0 Å². The number of methoxy groups -OCH3 is 1. The van der Waals surface area contributed by atoms with Gasteiger partial charge in [-0.15, -0.1) is 0 Å². The monoisotopic (exact) mass is 231 g/mol. The lowest BCUT2D eigenvalue weighted by Gasteiger charge is -2.05. The number of rotatable bonds is 2. The summed E-state index contributed by atoms with van der Waals surface area (Å²) in [4.78, 5) is 14.6. The number of carboxylic acid groups (broad SMARTS) is 1. The lowest BCUT2D eigenvalue weighted by atomic mass is 10.0. The number of nitrogens with one attached hydrogen (secondary N) is 1. The predicted octanol–water partition coefficient (Wildman–Crippen LogP) is 2.36. The Morgan fingerprint density at radius 2 is 2.24 bits per heavy atom. The van der Waals surface area contributed by atoms with E-state index in [9.17, 15) is 9.90 Å². The molecule has 3 rings (SSSR count). The molecule has 0 atom stereocenters.